The number of hydrogen-bond donors (Lipinski definition) is 0. The minimum atomic E-state index is -4.79. The van der Waals surface area contributed by atoms with Crippen molar-refractivity contribution >= 4 is 11.8 Å². The third kappa shape index (κ3) is 5.61. The van der Waals surface area contributed by atoms with Crippen LogP contribution < -0.4 is 4.74 Å². The number of nitrogens with zero attached hydrogens (tertiary/aromatic N) is 3. The molecule has 0 radical (unpaired) electrons. The van der Waals surface area contributed by atoms with Crippen LogP contribution in [0.5, 0.6) is 5.75 Å². The molecule has 0 saturated carbocycles. The van der Waals surface area contributed by atoms with Crippen LogP contribution in [0.1, 0.15) is 20.7 Å². The summed E-state index contributed by atoms with van der Waals surface area (Å²) in [5, 5.41) is 0. The van der Waals surface area contributed by atoms with Crippen molar-refractivity contribution in [2.24, 2.45) is 0 Å². The maximum Gasteiger partial charge on any atom is 0.573 e. The highest BCUT2D eigenvalue weighted by atomic mass is 19.4. The van der Waals surface area contributed by atoms with E-state index in [2.05, 4.69) is 9.64 Å². The van der Waals surface area contributed by atoms with Gasteiger partial charge in [0.15, 0.2) is 0 Å². The first-order valence-corrected chi connectivity index (χ1v) is 12.1. The Labute approximate surface area is 212 Å². The Morgan fingerprint density at radius 1 is 0.703 bits per heavy atom. The van der Waals surface area contributed by atoms with E-state index < -0.39 is 6.36 Å². The predicted octanol–water partition coefficient (Wildman–Crippen LogP) is 4.53. The lowest BCUT2D eigenvalue weighted by Gasteiger charge is -2.48. The number of likely N-dealkylation sites (tertiary alicyclic amines) is 1. The van der Waals surface area contributed by atoms with E-state index in [1.807, 2.05) is 35.2 Å². The second kappa shape index (κ2) is 10.3. The summed E-state index contributed by atoms with van der Waals surface area (Å²) in [6.07, 6.45) is -4.79. The van der Waals surface area contributed by atoms with Crippen LogP contribution in [0, 0.1) is 0 Å². The number of para-hydroxylation sites is 1. The van der Waals surface area contributed by atoms with Crippen molar-refractivity contribution < 1.29 is 27.5 Å². The van der Waals surface area contributed by atoms with Crippen LogP contribution in [0.2, 0.25) is 0 Å². The maximum absolute atomic E-state index is 12.9. The molecule has 0 unspecified atom stereocenters. The fraction of sp³-hybridized carbons (Fsp3) is 0.286. The quantitative estimate of drug-likeness (QED) is 0.507. The molecule has 0 bridgehead atoms. The molecule has 2 aliphatic heterocycles. The molecule has 2 heterocycles. The van der Waals surface area contributed by atoms with E-state index in [1.54, 1.807) is 41.3 Å². The molecule has 2 amide bonds. The smallest absolute Gasteiger partial charge is 0.405 e. The van der Waals surface area contributed by atoms with Gasteiger partial charge in [-0.15, -0.1) is 13.2 Å². The van der Waals surface area contributed by atoms with E-state index in [1.165, 1.54) is 12.1 Å². The Morgan fingerprint density at radius 3 is 1.92 bits per heavy atom. The van der Waals surface area contributed by atoms with E-state index >= 15 is 0 Å². The number of halogens is 3. The van der Waals surface area contributed by atoms with Gasteiger partial charge < -0.3 is 14.5 Å². The topological polar surface area (TPSA) is 53.1 Å². The third-order valence-corrected chi connectivity index (χ3v) is 6.84. The number of carbonyl (C=O) groups is 2. The van der Waals surface area contributed by atoms with Crippen LogP contribution in [0.4, 0.5) is 13.2 Å². The van der Waals surface area contributed by atoms with Crippen molar-refractivity contribution in [3.63, 3.8) is 0 Å². The lowest BCUT2D eigenvalue weighted by atomic mass is 10.0. The van der Waals surface area contributed by atoms with Gasteiger partial charge in [0.25, 0.3) is 11.8 Å². The normalized spacial score (nSPS) is 16.8. The van der Waals surface area contributed by atoms with Crippen molar-refractivity contribution in [1.82, 2.24) is 14.7 Å². The predicted molar refractivity (Wildman–Crippen MR) is 132 cm³/mol. The number of piperazine rings is 1. The number of ether oxygens (including phenoxy) is 1. The fourth-order valence-corrected chi connectivity index (χ4v) is 4.80. The van der Waals surface area contributed by atoms with Crippen molar-refractivity contribution in [1.29, 1.82) is 0 Å². The summed E-state index contributed by atoms with van der Waals surface area (Å²) in [4.78, 5) is 31.5. The number of amides is 2. The van der Waals surface area contributed by atoms with Crippen molar-refractivity contribution in [3.05, 3.63) is 90.0 Å². The van der Waals surface area contributed by atoms with Crippen LogP contribution in [0.15, 0.2) is 78.9 Å². The van der Waals surface area contributed by atoms with E-state index in [0.717, 1.165) is 13.1 Å². The number of rotatable bonds is 5. The van der Waals surface area contributed by atoms with Gasteiger partial charge in [-0.05, 0) is 35.9 Å². The molecular formula is C28H26F3N3O3. The summed E-state index contributed by atoms with van der Waals surface area (Å²) in [7, 11) is 0. The van der Waals surface area contributed by atoms with Crippen LogP contribution in [-0.2, 0) is 0 Å². The summed E-state index contributed by atoms with van der Waals surface area (Å²) in [6, 6.07) is 21.9. The summed E-state index contributed by atoms with van der Waals surface area (Å²) in [5.41, 5.74) is 2.00. The number of hydrogen-bond acceptors (Lipinski definition) is 4. The molecular weight excluding hydrogens is 483 g/mol. The Bertz CT molecular complexity index is 1250. The average Bonchev–Trinajstić information content (AvgIpc) is 2.88. The summed E-state index contributed by atoms with van der Waals surface area (Å²) < 4.78 is 42.4. The monoisotopic (exact) mass is 509 g/mol. The van der Waals surface area contributed by atoms with Gasteiger partial charge in [-0.3, -0.25) is 14.5 Å². The van der Waals surface area contributed by atoms with Gasteiger partial charge in [0.05, 0.1) is 0 Å². The highest BCUT2D eigenvalue weighted by molar-refractivity contribution is 5.95. The van der Waals surface area contributed by atoms with Crippen molar-refractivity contribution in [3.8, 4) is 16.9 Å². The maximum atomic E-state index is 12.9. The molecule has 5 rings (SSSR count). The summed E-state index contributed by atoms with van der Waals surface area (Å²) in [6.45, 7) is 4.04. The van der Waals surface area contributed by atoms with Crippen molar-refractivity contribution in [2.75, 3.05) is 39.3 Å². The summed E-state index contributed by atoms with van der Waals surface area (Å²) in [5.74, 6) is -0.354. The van der Waals surface area contributed by atoms with E-state index in [9.17, 15) is 22.8 Å². The lowest BCUT2D eigenvalue weighted by molar-refractivity contribution is -0.274. The number of alkyl halides is 3. The standard InChI is InChI=1S/C28H26F3N3O3/c29-28(30,31)37-25-9-5-4-8-24(25)20-10-12-22(13-11-20)27(36)34-18-23(19-34)32-14-16-33(17-15-32)26(35)21-6-2-1-3-7-21/h1-13,23H,14-19H2. The first-order chi connectivity index (χ1) is 17.8. The van der Waals surface area contributed by atoms with Gasteiger partial charge in [0.1, 0.15) is 5.75 Å². The van der Waals surface area contributed by atoms with Gasteiger partial charge in [0, 0.05) is 62.0 Å². The molecule has 3 aromatic rings. The molecule has 2 saturated heterocycles. The number of benzene rings is 3. The molecule has 9 heteroatoms. The largest absolute Gasteiger partial charge is 0.573 e. The minimum absolute atomic E-state index is 0.0432. The average molecular weight is 510 g/mol. The van der Waals surface area contributed by atoms with Gasteiger partial charge in [0.2, 0.25) is 0 Å². The van der Waals surface area contributed by atoms with E-state index in [0.29, 0.717) is 48.4 Å². The molecule has 0 atom stereocenters. The molecule has 2 fully saturated rings. The molecule has 37 heavy (non-hydrogen) atoms. The lowest BCUT2D eigenvalue weighted by Crippen LogP contribution is -2.64. The SMILES string of the molecule is O=C(c1ccccc1)N1CCN(C2CN(C(=O)c3ccc(-c4ccccc4OC(F)(F)F)cc3)C2)CC1. The Morgan fingerprint density at radius 2 is 1.27 bits per heavy atom. The molecule has 0 aliphatic carbocycles. The zero-order valence-electron chi connectivity index (χ0n) is 20.0. The third-order valence-electron chi connectivity index (χ3n) is 6.84. The molecule has 3 aromatic carbocycles. The highest BCUT2D eigenvalue weighted by Gasteiger charge is 2.37. The second-order valence-corrected chi connectivity index (χ2v) is 9.18. The van der Waals surface area contributed by atoms with Gasteiger partial charge in [-0.25, -0.2) is 0 Å². The van der Waals surface area contributed by atoms with Gasteiger partial charge in [-0.2, -0.15) is 0 Å². The second-order valence-electron chi connectivity index (χ2n) is 9.18. The van der Waals surface area contributed by atoms with E-state index in [4.69, 9.17) is 0 Å². The summed E-state index contributed by atoms with van der Waals surface area (Å²) >= 11 is 0. The Hall–Kier alpha value is -3.85. The molecule has 2 aliphatic rings. The van der Waals surface area contributed by atoms with Crippen LogP contribution in [0.25, 0.3) is 11.1 Å². The first-order valence-electron chi connectivity index (χ1n) is 12.1. The number of carbonyl (C=O) groups excluding carboxylic acids is 2. The Kier molecular flexibility index (Phi) is 6.88. The molecule has 0 N–H and O–H groups in total. The molecule has 0 spiro atoms. The van der Waals surface area contributed by atoms with Crippen LogP contribution in [-0.4, -0.2) is 78.2 Å². The molecule has 0 aromatic heterocycles. The highest BCUT2D eigenvalue weighted by Crippen LogP contribution is 2.34. The molecule has 192 valence electrons. The minimum Gasteiger partial charge on any atom is -0.405 e. The van der Waals surface area contributed by atoms with Crippen LogP contribution >= 0.6 is 0 Å². The van der Waals surface area contributed by atoms with Crippen LogP contribution in [0.3, 0.4) is 0 Å². The zero-order valence-corrected chi connectivity index (χ0v) is 20.0. The first kappa shape index (κ1) is 24.8. The Balaban J connectivity index is 1.14. The zero-order chi connectivity index (χ0) is 26.0. The van der Waals surface area contributed by atoms with Gasteiger partial charge >= 0.3 is 6.36 Å². The fourth-order valence-electron chi connectivity index (χ4n) is 4.80. The van der Waals surface area contributed by atoms with E-state index in [-0.39, 0.29) is 23.6 Å². The molecule has 6 nitrogen and oxygen atoms in total. The van der Waals surface area contributed by atoms with Gasteiger partial charge in [-0.1, -0.05) is 48.5 Å². The van der Waals surface area contributed by atoms with Crippen molar-refractivity contribution in [2.45, 2.75) is 12.4 Å².